The minimum atomic E-state index is 0.393. The van der Waals surface area contributed by atoms with E-state index in [1.165, 1.54) is 34.9 Å². The Kier molecular flexibility index (Phi) is 3.77. The number of halogens is 1. The van der Waals surface area contributed by atoms with Crippen LogP contribution in [0.25, 0.3) is 0 Å². The SMILES string of the molecule is C=C1CCCC(C)(C)[C@@H]1Cc1ccccc1Br. The molecule has 0 spiro atoms. The minimum Gasteiger partial charge on any atom is -0.0995 e. The number of rotatable bonds is 2. The highest BCUT2D eigenvalue weighted by Crippen LogP contribution is 2.45. The van der Waals surface area contributed by atoms with Gasteiger partial charge in [-0.2, -0.15) is 0 Å². The molecule has 0 heterocycles. The molecular weight excluding hydrogens is 272 g/mol. The average Bonchev–Trinajstić information content (AvgIpc) is 2.25. The zero-order valence-corrected chi connectivity index (χ0v) is 12.4. The van der Waals surface area contributed by atoms with E-state index in [-0.39, 0.29) is 0 Å². The third kappa shape index (κ3) is 2.82. The molecule has 1 atom stereocenters. The minimum absolute atomic E-state index is 0.393. The van der Waals surface area contributed by atoms with Gasteiger partial charge in [-0.15, -0.1) is 0 Å². The van der Waals surface area contributed by atoms with E-state index in [1.54, 1.807) is 0 Å². The quantitative estimate of drug-likeness (QED) is 0.643. The van der Waals surface area contributed by atoms with E-state index in [0.29, 0.717) is 11.3 Å². The van der Waals surface area contributed by atoms with Crippen LogP contribution in [-0.4, -0.2) is 0 Å². The van der Waals surface area contributed by atoms with E-state index in [2.05, 4.69) is 60.6 Å². The van der Waals surface area contributed by atoms with E-state index in [9.17, 15) is 0 Å². The Balaban J connectivity index is 2.22. The summed E-state index contributed by atoms with van der Waals surface area (Å²) in [6.07, 6.45) is 4.95. The van der Waals surface area contributed by atoms with Crippen LogP contribution in [0, 0.1) is 11.3 Å². The van der Waals surface area contributed by atoms with Gasteiger partial charge in [-0.1, -0.05) is 60.1 Å². The first-order valence-electron chi connectivity index (χ1n) is 6.42. The molecule has 0 aromatic heterocycles. The average molecular weight is 293 g/mol. The summed E-state index contributed by atoms with van der Waals surface area (Å²) in [6.45, 7) is 9.08. The molecule has 0 saturated heterocycles. The van der Waals surface area contributed by atoms with Crippen molar-refractivity contribution in [2.24, 2.45) is 11.3 Å². The summed E-state index contributed by atoms with van der Waals surface area (Å²) in [5, 5.41) is 0. The van der Waals surface area contributed by atoms with E-state index >= 15 is 0 Å². The second kappa shape index (κ2) is 4.97. The van der Waals surface area contributed by atoms with Crippen molar-refractivity contribution in [3.63, 3.8) is 0 Å². The molecule has 0 nitrogen and oxygen atoms in total. The molecule has 17 heavy (non-hydrogen) atoms. The lowest BCUT2D eigenvalue weighted by Gasteiger charge is -2.40. The zero-order valence-electron chi connectivity index (χ0n) is 10.8. The summed E-state index contributed by atoms with van der Waals surface area (Å²) >= 11 is 3.65. The fourth-order valence-electron chi connectivity index (χ4n) is 2.98. The highest BCUT2D eigenvalue weighted by molar-refractivity contribution is 9.10. The molecule has 92 valence electrons. The predicted octanol–water partition coefficient (Wildman–Crippen LogP) is 5.37. The topological polar surface area (TPSA) is 0 Å². The normalized spacial score (nSPS) is 23.7. The number of benzene rings is 1. The molecule has 0 aliphatic heterocycles. The van der Waals surface area contributed by atoms with Crippen LogP contribution in [0.5, 0.6) is 0 Å². The molecule has 1 saturated carbocycles. The van der Waals surface area contributed by atoms with Gasteiger partial charge in [-0.05, 0) is 48.6 Å². The molecule has 1 aromatic rings. The molecule has 1 aliphatic carbocycles. The van der Waals surface area contributed by atoms with Crippen molar-refractivity contribution in [1.82, 2.24) is 0 Å². The van der Waals surface area contributed by atoms with Gasteiger partial charge in [0.05, 0.1) is 0 Å². The first-order valence-corrected chi connectivity index (χ1v) is 7.21. The number of allylic oxidation sites excluding steroid dienone is 1. The monoisotopic (exact) mass is 292 g/mol. The predicted molar refractivity (Wildman–Crippen MR) is 78.1 cm³/mol. The lowest BCUT2D eigenvalue weighted by Crippen LogP contribution is -2.31. The van der Waals surface area contributed by atoms with E-state index < -0.39 is 0 Å². The van der Waals surface area contributed by atoms with Gasteiger partial charge >= 0.3 is 0 Å². The molecule has 1 aromatic carbocycles. The van der Waals surface area contributed by atoms with Crippen molar-refractivity contribution in [2.75, 3.05) is 0 Å². The van der Waals surface area contributed by atoms with Crippen molar-refractivity contribution in [1.29, 1.82) is 0 Å². The molecule has 0 amide bonds. The van der Waals surface area contributed by atoms with Gasteiger partial charge in [0.25, 0.3) is 0 Å². The van der Waals surface area contributed by atoms with Gasteiger partial charge in [0.1, 0.15) is 0 Å². The van der Waals surface area contributed by atoms with E-state index in [1.807, 2.05) is 0 Å². The lowest BCUT2D eigenvalue weighted by molar-refractivity contribution is 0.189. The third-order valence-corrected chi connectivity index (χ3v) is 4.91. The Bertz CT molecular complexity index is 417. The molecular formula is C16H21Br. The molecule has 1 heteroatoms. The Morgan fingerprint density at radius 1 is 1.35 bits per heavy atom. The van der Waals surface area contributed by atoms with Crippen LogP contribution in [0.1, 0.15) is 38.7 Å². The van der Waals surface area contributed by atoms with Gasteiger partial charge in [0.2, 0.25) is 0 Å². The summed E-state index contributed by atoms with van der Waals surface area (Å²) in [4.78, 5) is 0. The maximum atomic E-state index is 4.30. The van der Waals surface area contributed by atoms with Gasteiger partial charge in [0, 0.05) is 4.47 Å². The third-order valence-electron chi connectivity index (χ3n) is 4.14. The van der Waals surface area contributed by atoms with Gasteiger partial charge in [-0.25, -0.2) is 0 Å². The molecule has 1 fully saturated rings. The van der Waals surface area contributed by atoms with Crippen molar-refractivity contribution in [3.8, 4) is 0 Å². The maximum absolute atomic E-state index is 4.30. The summed E-state index contributed by atoms with van der Waals surface area (Å²) in [7, 11) is 0. The van der Waals surface area contributed by atoms with Crippen LogP contribution in [0.2, 0.25) is 0 Å². The fourth-order valence-corrected chi connectivity index (χ4v) is 3.42. The highest BCUT2D eigenvalue weighted by atomic mass is 79.9. The van der Waals surface area contributed by atoms with Crippen molar-refractivity contribution < 1.29 is 0 Å². The molecule has 0 N–H and O–H groups in total. The van der Waals surface area contributed by atoms with E-state index in [0.717, 1.165) is 6.42 Å². The Morgan fingerprint density at radius 3 is 2.71 bits per heavy atom. The number of hydrogen-bond acceptors (Lipinski definition) is 0. The Morgan fingerprint density at radius 2 is 2.06 bits per heavy atom. The molecule has 0 bridgehead atoms. The van der Waals surface area contributed by atoms with Gasteiger partial charge in [0.15, 0.2) is 0 Å². The lowest BCUT2D eigenvalue weighted by atomic mass is 9.65. The Hall–Kier alpha value is -0.560. The zero-order chi connectivity index (χ0) is 12.5. The van der Waals surface area contributed by atoms with Gasteiger partial charge in [-0.3, -0.25) is 0 Å². The van der Waals surface area contributed by atoms with Crippen LogP contribution in [0.3, 0.4) is 0 Å². The van der Waals surface area contributed by atoms with Crippen LogP contribution < -0.4 is 0 Å². The second-order valence-corrected chi connectivity index (χ2v) is 6.70. The molecule has 0 radical (unpaired) electrons. The van der Waals surface area contributed by atoms with Crippen LogP contribution >= 0.6 is 15.9 Å². The fraction of sp³-hybridized carbons (Fsp3) is 0.500. The maximum Gasteiger partial charge on any atom is 0.0207 e. The van der Waals surface area contributed by atoms with Crippen molar-refractivity contribution in [3.05, 3.63) is 46.5 Å². The number of hydrogen-bond donors (Lipinski definition) is 0. The first-order chi connectivity index (χ1) is 8.00. The summed E-state index contributed by atoms with van der Waals surface area (Å²) in [5.41, 5.74) is 3.25. The Labute approximate surface area is 113 Å². The van der Waals surface area contributed by atoms with Crippen molar-refractivity contribution in [2.45, 2.75) is 39.5 Å². The van der Waals surface area contributed by atoms with Crippen LogP contribution in [-0.2, 0) is 6.42 Å². The summed E-state index contributed by atoms with van der Waals surface area (Å²) < 4.78 is 1.23. The molecule has 2 rings (SSSR count). The standard InChI is InChI=1S/C16H21Br/c1-12-7-6-10-16(2,3)14(12)11-13-8-4-5-9-15(13)17/h4-5,8-9,14H,1,6-7,10-11H2,2-3H3/t14-/m1/s1. The van der Waals surface area contributed by atoms with Crippen LogP contribution in [0.4, 0.5) is 0 Å². The van der Waals surface area contributed by atoms with Crippen LogP contribution in [0.15, 0.2) is 40.9 Å². The van der Waals surface area contributed by atoms with E-state index in [4.69, 9.17) is 0 Å². The largest absolute Gasteiger partial charge is 0.0995 e. The summed E-state index contributed by atoms with van der Waals surface area (Å²) in [6, 6.07) is 8.56. The molecule has 0 unspecified atom stereocenters. The first kappa shape index (κ1) is 12.9. The molecule has 1 aliphatic rings. The van der Waals surface area contributed by atoms with Gasteiger partial charge < -0.3 is 0 Å². The van der Waals surface area contributed by atoms with Crippen molar-refractivity contribution >= 4 is 15.9 Å². The highest BCUT2D eigenvalue weighted by Gasteiger charge is 2.34. The summed E-state index contributed by atoms with van der Waals surface area (Å²) in [5.74, 6) is 0.620. The smallest absolute Gasteiger partial charge is 0.0207 e. The second-order valence-electron chi connectivity index (χ2n) is 5.85.